The summed E-state index contributed by atoms with van der Waals surface area (Å²) in [4.78, 5) is 20.1. The first-order valence-corrected chi connectivity index (χ1v) is 14.9. The fourth-order valence-corrected chi connectivity index (χ4v) is 7.02. The van der Waals surface area contributed by atoms with Gasteiger partial charge in [-0.2, -0.15) is 4.31 Å². The average molecular weight is 567 g/mol. The number of carbonyl (C=O) groups is 1. The van der Waals surface area contributed by atoms with Crippen LogP contribution in [0.4, 0.5) is 0 Å². The Balaban J connectivity index is 1.28. The highest BCUT2D eigenvalue weighted by atomic mass is 32.2. The number of methoxy groups -OCH3 is 1. The van der Waals surface area contributed by atoms with Gasteiger partial charge in [0.1, 0.15) is 10.6 Å². The monoisotopic (exact) mass is 566 g/mol. The highest BCUT2D eigenvalue weighted by Gasteiger charge is 2.33. The van der Waals surface area contributed by atoms with E-state index < -0.39 is 10.0 Å². The second-order valence-electron chi connectivity index (χ2n) is 9.96. The van der Waals surface area contributed by atoms with Crippen LogP contribution in [-0.2, 0) is 10.0 Å². The molecule has 0 aliphatic carbocycles. The lowest BCUT2D eigenvalue weighted by atomic mass is 10.1. The molecule has 2 aromatic heterocycles. The van der Waals surface area contributed by atoms with E-state index in [0.717, 1.165) is 33.8 Å². The Morgan fingerprint density at radius 1 is 0.854 bits per heavy atom. The summed E-state index contributed by atoms with van der Waals surface area (Å²) >= 11 is 0. The molecule has 3 heterocycles. The van der Waals surface area contributed by atoms with E-state index in [0.29, 0.717) is 24.2 Å². The minimum Gasteiger partial charge on any atom is -0.497 e. The molecule has 0 atom stereocenters. The molecule has 1 saturated heterocycles. The fourth-order valence-electron chi connectivity index (χ4n) is 5.43. The zero-order valence-corrected chi connectivity index (χ0v) is 23.7. The van der Waals surface area contributed by atoms with E-state index in [1.54, 1.807) is 36.4 Å². The number of nitrogens with zero attached hydrogens (tertiary/aromatic N) is 4. The standard InChI is InChI=1S/C32H30N4O4S/c1-23-28(22-29(24-13-15-27(40-2)16-14-24)36(23)26-10-4-3-5-11-26)32(37)34-18-20-35(21-19-34)41(38,39)30-12-6-8-25-9-7-17-33-31(25)30/h3-17,22H,18-21H2,1-2H3. The van der Waals surface area contributed by atoms with Crippen molar-refractivity contribution in [2.45, 2.75) is 11.8 Å². The first-order chi connectivity index (χ1) is 19.9. The lowest BCUT2D eigenvalue weighted by Gasteiger charge is -2.34. The van der Waals surface area contributed by atoms with Crippen LogP contribution >= 0.6 is 0 Å². The van der Waals surface area contributed by atoms with Crippen molar-refractivity contribution in [1.29, 1.82) is 0 Å². The van der Waals surface area contributed by atoms with Crippen molar-refractivity contribution in [1.82, 2.24) is 18.8 Å². The Morgan fingerprint density at radius 2 is 1.56 bits per heavy atom. The maximum absolute atomic E-state index is 13.9. The maximum atomic E-state index is 13.9. The van der Waals surface area contributed by atoms with E-state index in [1.807, 2.05) is 79.7 Å². The Morgan fingerprint density at radius 3 is 2.27 bits per heavy atom. The Bertz CT molecular complexity index is 1820. The molecule has 208 valence electrons. The fraction of sp³-hybridized carbons (Fsp3) is 0.188. The maximum Gasteiger partial charge on any atom is 0.255 e. The molecular formula is C32H30N4O4S. The molecule has 0 spiro atoms. The number of pyridine rings is 1. The molecule has 1 fully saturated rings. The molecular weight excluding hydrogens is 536 g/mol. The molecule has 0 bridgehead atoms. The summed E-state index contributed by atoms with van der Waals surface area (Å²) in [6.45, 7) is 2.96. The molecule has 3 aromatic carbocycles. The van der Waals surface area contributed by atoms with Gasteiger partial charge in [-0.15, -0.1) is 0 Å². The molecule has 1 aliphatic rings. The third-order valence-corrected chi connectivity index (χ3v) is 9.55. The van der Waals surface area contributed by atoms with Gasteiger partial charge in [-0.3, -0.25) is 9.78 Å². The summed E-state index contributed by atoms with van der Waals surface area (Å²) < 4.78 is 36.0. The van der Waals surface area contributed by atoms with Crippen molar-refractivity contribution >= 4 is 26.8 Å². The Hall–Kier alpha value is -4.47. The summed E-state index contributed by atoms with van der Waals surface area (Å²) in [6.07, 6.45) is 1.60. The van der Waals surface area contributed by atoms with Crippen LogP contribution in [0.2, 0.25) is 0 Å². The lowest BCUT2D eigenvalue weighted by Crippen LogP contribution is -2.50. The number of hydrogen-bond donors (Lipinski definition) is 0. The zero-order valence-electron chi connectivity index (χ0n) is 22.9. The number of carbonyl (C=O) groups excluding carboxylic acids is 1. The van der Waals surface area contributed by atoms with E-state index >= 15 is 0 Å². The largest absolute Gasteiger partial charge is 0.497 e. The molecule has 0 radical (unpaired) electrons. The van der Waals surface area contributed by atoms with Gasteiger partial charge in [-0.25, -0.2) is 8.42 Å². The predicted octanol–water partition coefficient (Wildman–Crippen LogP) is 5.16. The van der Waals surface area contributed by atoms with Gasteiger partial charge in [0.15, 0.2) is 0 Å². The minimum atomic E-state index is -3.77. The summed E-state index contributed by atoms with van der Waals surface area (Å²) in [5.74, 6) is 0.641. The number of sulfonamides is 1. The van der Waals surface area contributed by atoms with Crippen LogP contribution in [0.1, 0.15) is 16.1 Å². The number of benzene rings is 3. The molecule has 41 heavy (non-hydrogen) atoms. The van der Waals surface area contributed by atoms with Crippen LogP contribution in [0.3, 0.4) is 0 Å². The van der Waals surface area contributed by atoms with Gasteiger partial charge < -0.3 is 14.2 Å². The van der Waals surface area contributed by atoms with Gasteiger partial charge in [-0.1, -0.05) is 36.4 Å². The normalized spacial score (nSPS) is 14.3. The minimum absolute atomic E-state index is 0.115. The highest BCUT2D eigenvalue weighted by Crippen LogP contribution is 2.32. The SMILES string of the molecule is COc1ccc(-c2cc(C(=O)N3CCN(S(=O)(=O)c4cccc5cccnc45)CC3)c(C)n2-c2ccccc2)cc1. The van der Waals surface area contributed by atoms with Crippen LogP contribution in [0.5, 0.6) is 5.75 Å². The van der Waals surface area contributed by atoms with Gasteiger partial charge in [0.2, 0.25) is 10.0 Å². The van der Waals surface area contributed by atoms with Crippen molar-refractivity contribution in [3.05, 3.63) is 108 Å². The van der Waals surface area contributed by atoms with Crippen molar-refractivity contribution in [2.75, 3.05) is 33.3 Å². The van der Waals surface area contributed by atoms with Crippen LogP contribution in [0.15, 0.2) is 102 Å². The number of ether oxygens (including phenoxy) is 1. The van der Waals surface area contributed by atoms with Crippen LogP contribution in [-0.4, -0.2) is 66.4 Å². The van der Waals surface area contributed by atoms with Crippen molar-refractivity contribution in [3.8, 4) is 22.7 Å². The highest BCUT2D eigenvalue weighted by molar-refractivity contribution is 7.89. The van der Waals surface area contributed by atoms with Crippen LogP contribution < -0.4 is 4.74 Å². The summed E-state index contributed by atoms with van der Waals surface area (Å²) in [7, 11) is -2.14. The molecule has 0 N–H and O–H groups in total. The number of hydrogen-bond acceptors (Lipinski definition) is 5. The second-order valence-corrected chi connectivity index (χ2v) is 11.9. The quantitative estimate of drug-likeness (QED) is 0.284. The lowest BCUT2D eigenvalue weighted by molar-refractivity contribution is 0.0697. The average Bonchev–Trinajstić information content (AvgIpc) is 3.37. The van der Waals surface area contributed by atoms with Gasteiger partial charge in [0.05, 0.1) is 23.9 Å². The van der Waals surface area contributed by atoms with E-state index in [2.05, 4.69) is 9.55 Å². The molecule has 5 aromatic rings. The van der Waals surface area contributed by atoms with Crippen molar-refractivity contribution in [2.24, 2.45) is 0 Å². The van der Waals surface area contributed by atoms with E-state index in [9.17, 15) is 13.2 Å². The topological polar surface area (TPSA) is 84.7 Å². The van der Waals surface area contributed by atoms with Crippen LogP contribution in [0.25, 0.3) is 27.8 Å². The molecule has 0 saturated carbocycles. The smallest absolute Gasteiger partial charge is 0.255 e. The number of rotatable bonds is 6. The molecule has 9 heteroatoms. The van der Waals surface area contributed by atoms with Crippen molar-refractivity contribution < 1.29 is 17.9 Å². The zero-order chi connectivity index (χ0) is 28.6. The Kier molecular flexibility index (Phi) is 7.07. The van der Waals surface area contributed by atoms with Crippen LogP contribution in [0, 0.1) is 6.92 Å². The first kappa shape index (κ1) is 26.7. The third-order valence-electron chi connectivity index (χ3n) is 7.62. The number of aromatic nitrogens is 2. The molecule has 8 nitrogen and oxygen atoms in total. The van der Waals surface area contributed by atoms with Gasteiger partial charge >= 0.3 is 0 Å². The van der Waals surface area contributed by atoms with Gasteiger partial charge in [-0.05, 0) is 67.1 Å². The second kappa shape index (κ2) is 10.8. The van der Waals surface area contributed by atoms with Crippen molar-refractivity contribution in [3.63, 3.8) is 0 Å². The number of piperazine rings is 1. The first-order valence-electron chi connectivity index (χ1n) is 13.4. The van der Waals surface area contributed by atoms with Gasteiger partial charge in [0, 0.05) is 49.1 Å². The predicted molar refractivity (Wildman–Crippen MR) is 159 cm³/mol. The van der Waals surface area contributed by atoms with Gasteiger partial charge in [0.25, 0.3) is 5.91 Å². The molecule has 1 aliphatic heterocycles. The van der Waals surface area contributed by atoms with E-state index in [1.165, 1.54) is 4.31 Å². The number of para-hydroxylation sites is 2. The number of fused-ring (bicyclic) bond motifs is 1. The molecule has 1 amide bonds. The summed E-state index contributed by atoms with van der Waals surface area (Å²) in [6, 6.07) is 28.4. The van der Waals surface area contributed by atoms with E-state index in [4.69, 9.17) is 4.74 Å². The van der Waals surface area contributed by atoms with E-state index in [-0.39, 0.29) is 23.9 Å². The third kappa shape index (κ3) is 4.87. The molecule has 0 unspecified atom stereocenters. The summed E-state index contributed by atoms with van der Waals surface area (Å²) in [5, 5.41) is 0.772. The summed E-state index contributed by atoms with van der Waals surface area (Å²) in [5.41, 5.74) is 4.67. The Labute approximate surface area is 239 Å². The number of amides is 1. The molecule has 6 rings (SSSR count).